The van der Waals surface area contributed by atoms with Gasteiger partial charge in [-0.3, -0.25) is 4.90 Å². The summed E-state index contributed by atoms with van der Waals surface area (Å²) in [4.78, 5) is 6.16. The molecule has 1 atom stereocenters. The average Bonchev–Trinajstić information content (AvgIpc) is 3.16. The van der Waals surface area contributed by atoms with Crippen molar-refractivity contribution in [1.82, 2.24) is 14.2 Å². The molecule has 1 aliphatic heterocycles. The maximum atomic E-state index is 12.7. The normalized spacial score (nSPS) is 17.6. The van der Waals surface area contributed by atoms with Crippen LogP contribution in [-0.2, 0) is 16.6 Å². The molecule has 0 amide bonds. The van der Waals surface area contributed by atoms with Gasteiger partial charge in [0.15, 0.2) is 0 Å². The minimum atomic E-state index is -3.64. The molecule has 1 N–H and O–H groups in total. The second-order valence-corrected chi connectivity index (χ2v) is 11.5. The van der Waals surface area contributed by atoms with Crippen LogP contribution in [0.3, 0.4) is 0 Å². The Morgan fingerprint density at radius 1 is 1.09 bits per heavy atom. The van der Waals surface area contributed by atoms with Gasteiger partial charge in [0, 0.05) is 43.6 Å². The van der Waals surface area contributed by atoms with Crippen molar-refractivity contribution in [3.05, 3.63) is 70.9 Å². The van der Waals surface area contributed by atoms with E-state index < -0.39 is 10.0 Å². The van der Waals surface area contributed by atoms with Gasteiger partial charge in [0.25, 0.3) is 0 Å². The van der Waals surface area contributed by atoms with E-state index in [4.69, 9.17) is 16.3 Å². The second-order valence-electron chi connectivity index (χ2n) is 8.92. The first-order valence-corrected chi connectivity index (χ1v) is 13.4. The smallest absolute Gasteiger partial charge is 0.242 e. The lowest BCUT2D eigenvalue weighted by molar-refractivity contribution is 0.190. The number of aromatic amines is 1. The number of aromatic nitrogens is 1. The van der Waals surface area contributed by atoms with Gasteiger partial charge in [0.05, 0.1) is 17.0 Å². The van der Waals surface area contributed by atoms with E-state index in [9.17, 15) is 8.42 Å². The molecule has 1 aromatic heterocycles. The fraction of sp³-hybridized carbons (Fsp3) is 0.385. The summed E-state index contributed by atoms with van der Waals surface area (Å²) in [5.74, 6) is 0.449. The Bertz CT molecular complexity index is 1230. The highest BCUT2D eigenvalue weighted by Gasteiger charge is 2.25. The van der Waals surface area contributed by atoms with E-state index in [1.54, 1.807) is 6.07 Å². The van der Waals surface area contributed by atoms with Gasteiger partial charge in [-0.15, -0.1) is 0 Å². The summed E-state index contributed by atoms with van der Waals surface area (Å²) in [5.41, 5.74) is 3.82. The third-order valence-electron chi connectivity index (χ3n) is 6.46. The molecule has 1 saturated heterocycles. The number of nitrogens with zero attached hydrogens (tertiary/aromatic N) is 2. The molecule has 3 aromatic rings. The SMILES string of the molecule is COc1c(Cl)cc(S(=O)(=O)N(C)C)cc1-c1ccc(CN2CCCCCC2c2ccccc2)[nH]1. The van der Waals surface area contributed by atoms with Gasteiger partial charge in [0.2, 0.25) is 10.0 Å². The van der Waals surface area contributed by atoms with E-state index in [1.165, 1.54) is 56.4 Å². The predicted octanol–water partition coefficient (Wildman–Crippen LogP) is 5.71. The summed E-state index contributed by atoms with van der Waals surface area (Å²) >= 11 is 6.43. The van der Waals surface area contributed by atoms with Crippen molar-refractivity contribution in [2.24, 2.45) is 0 Å². The third-order valence-corrected chi connectivity index (χ3v) is 8.53. The van der Waals surface area contributed by atoms with E-state index in [1.807, 2.05) is 6.07 Å². The zero-order valence-corrected chi connectivity index (χ0v) is 21.5. The standard InChI is InChI=1S/C26H32ClN3O3S/c1-29(2)34(31,32)21-16-22(26(33-3)23(27)17-21)24-14-13-20(28-24)18-30-15-9-5-8-12-25(30)19-10-6-4-7-11-19/h4,6-7,10-11,13-14,16-17,25,28H,5,8-9,12,15,18H2,1-3H3. The molecule has 0 spiro atoms. The van der Waals surface area contributed by atoms with Crippen LogP contribution in [-0.4, -0.2) is 50.4 Å². The summed E-state index contributed by atoms with van der Waals surface area (Å²) in [6.07, 6.45) is 4.81. The van der Waals surface area contributed by atoms with Crippen molar-refractivity contribution >= 4 is 21.6 Å². The molecule has 1 unspecified atom stereocenters. The molecule has 4 rings (SSSR count). The van der Waals surface area contributed by atoms with Crippen molar-refractivity contribution < 1.29 is 13.2 Å². The van der Waals surface area contributed by atoms with Crippen molar-refractivity contribution in [2.75, 3.05) is 27.7 Å². The number of sulfonamides is 1. The third kappa shape index (κ3) is 5.18. The molecule has 0 bridgehead atoms. The summed E-state index contributed by atoms with van der Waals surface area (Å²) in [5, 5.41) is 0.258. The Hall–Kier alpha value is -2.32. The Morgan fingerprint density at radius 3 is 2.56 bits per heavy atom. The highest BCUT2D eigenvalue weighted by atomic mass is 35.5. The van der Waals surface area contributed by atoms with E-state index >= 15 is 0 Å². The van der Waals surface area contributed by atoms with Crippen molar-refractivity contribution in [3.8, 4) is 17.0 Å². The molecular weight excluding hydrogens is 470 g/mol. The first-order valence-electron chi connectivity index (χ1n) is 11.6. The number of hydrogen-bond donors (Lipinski definition) is 1. The summed E-state index contributed by atoms with van der Waals surface area (Å²) in [7, 11) is 0.905. The van der Waals surface area contributed by atoms with Crippen LogP contribution in [0.25, 0.3) is 11.3 Å². The van der Waals surface area contributed by atoms with E-state index in [-0.39, 0.29) is 9.92 Å². The van der Waals surface area contributed by atoms with E-state index in [0.29, 0.717) is 17.4 Å². The van der Waals surface area contributed by atoms with Gasteiger partial charge in [-0.05, 0) is 49.2 Å². The molecule has 0 aliphatic carbocycles. The number of benzene rings is 2. The molecule has 1 fully saturated rings. The van der Waals surface area contributed by atoms with Crippen molar-refractivity contribution in [3.63, 3.8) is 0 Å². The largest absolute Gasteiger partial charge is 0.494 e. The molecule has 34 heavy (non-hydrogen) atoms. The summed E-state index contributed by atoms with van der Waals surface area (Å²) in [6, 6.07) is 18.2. The van der Waals surface area contributed by atoms with Gasteiger partial charge in [0.1, 0.15) is 5.75 Å². The fourth-order valence-electron chi connectivity index (χ4n) is 4.65. The van der Waals surface area contributed by atoms with Gasteiger partial charge < -0.3 is 9.72 Å². The number of hydrogen-bond acceptors (Lipinski definition) is 4. The zero-order valence-electron chi connectivity index (χ0n) is 19.9. The molecule has 6 nitrogen and oxygen atoms in total. The van der Waals surface area contributed by atoms with Crippen LogP contribution in [0.2, 0.25) is 5.02 Å². The number of rotatable bonds is 7. The Morgan fingerprint density at radius 2 is 1.85 bits per heavy atom. The minimum absolute atomic E-state index is 0.131. The van der Waals surface area contributed by atoms with Gasteiger partial charge in [-0.1, -0.05) is 54.8 Å². The molecule has 1 aliphatic rings. The molecule has 2 heterocycles. The fourth-order valence-corrected chi connectivity index (χ4v) is 5.97. The van der Waals surface area contributed by atoms with Crippen LogP contribution < -0.4 is 4.74 Å². The lowest BCUT2D eigenvalue weighted by Crippen LogP contribution is -2.28. The van der Waals surface area contributed by atoms with E-state index in [2.05, 4.69) is 46.3 Å². The van der Waals surface area contributed by atoms with Crippen LogP contribution >= 0.6 is 11.6 Å². The number of likely N-dealkylation sites (tertiary alicyclic amines) is 1. The van der Waals surface area contributed by atoms with Crippen LogP contribution in [0.15, 0.2) is 59.5 Å². The molecule has 2 aromatic carbocycles. The lowest BCUT2D eigenvalue weighted by atomic mass is 10.0. The number of ether oxygens (including phenoxy) is 1. The van der Waals surface area contributed by atoms with Crippen LogP contribution in [0.1, 0.15) is 43.0 Å². The summed E-state index contributed by atoms with van der Waals surface area (Å²) < 4.78 is 32.2. The average molecular weight is 502 g/mol. The highest BCUT2D eigenvalue weighted by Crippen LogP contribution is 2.39. The maximum Gasteiger partial charge on any atom is 0.242 e. The Balaban J connectivity index is 1.66. The van der Waals surface area contributed by atoms with Gasteiger partial charge in [-0.25, -0.2) is 12.7 Å². The molecule has 0 saturated carbocycles. The zero-order chi connectivity index (χ0) is 24.3. The first-order chi connectivity index (χ1) is 16.3. The quantitative estimate of drug-likeness (QED) is 0.450. The highest BCUT2D eigenvalue weighted by molar-refractivity contribution is 7.89. The van der Waals surface area contributed by atoms with Crippen LogP contribution in [0, 0.1) is 0 Å². The molecule has 8 heteroatoms. The Labute approximate surface area is 207 Å². The molecule has 0 radical (unpaired) electrons. The topological polar surface area (TPSA) is 65.6 Å². The molecule has 182 valence electrons. The molecular formula is C26H32ClN3O3S. The van der Waals surface area contributed by atoms with Gasteiger partial charge >= 0.3 is 0 Å². The monoisotopic (exact) mass is 501 g/mol. The predicted molar refractivity (Wildman–Crippen MR) is 137 cm³/mol. The Kier molecular flexibility index (Phi) is 7.67. The van der Waals surface area contributed by atoms with E-state index in [0.717, 1.165) is 30.9 Å². The number of H-pyrrole nitrogens is 1. The van der Waals surface area contributed by atoms with Crippen molar-refractivity contribution in [1.29, 1.82) is 0 Å². The second kappa shape index (κ2) is 10.5. The van der Waals surface area contributed by atoms with Gasteiger partial charge in [-0.2, -0.15) is 0 Å². The maximum absolute atomic E-state index is 12.7. The van der Waals surface area contributed by atoms with Crippen LogP contribution in [0.5, 0.6) is 5.75 Å². The first kappa shape index (κ1) is 24.8. The number of methoxy groups -OCH3 is 1. The lowest BCUT2D eigenvalue weighted by Gasteiger charge is -2.30. The number of halogens is 1. The van der Waals surface area contributed by atoms with Crippen molar-refractivity contribution in [2.45, 2.75) is 43.2 Å². The number of nitrogens with one attached hydrogen (secondary N) is 1. The minimum Gasteiger partial charge on any atom is -0.494 e. The van der Waals surface area contributed by atoms with Crippen LogP contribution in [0.4, 0.5) is 0 Å². The summed E-state index contributed by atoms with van der Waals surface area (Å²) in [6.45, 7) is 1.82.